The Labute approximate surface area is 185 Å². The molecule has 3 fully saturated rings. The van der Waals surface area contributed by atoms with E-state index in [-0.39, 0.29) is 10.8 Å². The van der Waals surface area contributed by atoms with Crippen LogP contribution in [0.4, 0.5) is 5.69 Å². The maximum absolute atomic E-state index is 12.8. The zero-order valence-electron chi connectivity index (χ0n) is 17.0. The van der Waals surface area contributed by atoms with Crippen LogP contribution in [0.2, 0.25) is 0 Å². The van der Waals surface area contributed by atoms with Crippen molar-refractivity contribution in [1.29, 1.82) is 0 Å². The molecular formula is C20H25N3O6S2. The van der Waals surface area contributed by atoms with Crippen LogP contribution in [-0.2, 0) is 29.1 Å². The number of amides is 2. The van der Waals surface area contributed by atoms with E-state index in [9.17, 15) is 22.8 Å². The SMILES string of the molecule is O=C(COC(=O)C12CCC(=O)N1CCS2)Nc1cccc(S(=O)(=O)N2CCCCC2)c1. The first kappa shape index (κ1) is 22.1. The van der Waals surface area contributed by atoms with Gasteiger partial charge in [0, 0.05) is 37.5 Å². The van der Waals surface area contributed by atoms with E-state index >= 15 is 0 Å². The number of carbonyl (C=O) groups excluding carboxylic acids is 3. The topological polar surface area (TPSA) is 113 Å². The molecule has 2 amide bonds. The van der Waals surface area contributed by atoms with E-state index in [1.54, 1.807) is 12.1 Å². The normalized spacial score (nSPS) is 24.1. The number of hydrogen-bond donors (Lipinski definition) is 1. The molecule has 31 heavy (non-hydrogen) atoms. The molecule has 0 aromatic heterocycles. The zero-order valence-corrected chi connectivity index (χ0v) is 18.7. The van der Waals surface area contributed by atoms with Crippen LogP contribution in [0.25, 0.3) is 0 Å². The first-order chi connectivity index (χ1) is 14.8. The molecule has 1 aromatic carbocycles. The van der Waals surface area contributed by atoms with Gasteiger partial charge in [-0.15, -0.1) is 11.8 Å². The molecule has 3 saturated heterocycles. The van der Waals surface area contributed by atoms with Gasteiger partial charge >= 0.3 is 5.97 Å². The number of piperidine rings is 1. The van der Waals surface area contributed by atoms with Crippen LogP contribution in [0.15, 0.2) is 29.2 Å². The van der Waals surface area contributed by atoms with E-state index in [1.165, 1.54) is 33.1 Å². The van der Waals surface area contributed by atoms with Crippen LogP contribution in [0.1, 0.15) is 32.1 Å². The van der Waals surface area contributed by atoms with Crippen LogP contribution in [0, 0.1) is 0 Å². The summed E-state index contributed by atoms with van der Waals surface area (Å²) in [7, 11) is -3.62. The lowest BCUT2D eigenvalue weighted by atomic mass is 10.2. The summed E-state index contributed by atoms with van der Waals surface area (Å²) in [6.45, 7) is 0.984. The maximum atomic E-state index is 12.8. The molecule has 1 unspecified atom stereocenters. The Morgan fingerprint density at radius 1 is 1.16 bits per heavy atom. The molecule has 0 saturated carbocycles. The minimum Gasteiger partial charge on any atom is -0.453 e. The van der Waals surface area contributed by atoms with Gasteiger partial charge in [0.2, 0.25) is 15.9 Å². The van der Waals surface area contributed by atoms with Gasteiger partial charge < -0.3 is 15.0 Å². The van der Waals surface area contributed by atoms with E-state index < -0.39 is 33.4 Å². The Kier molecular flexibility index (Phi) is 6.27. The average Bonchev–Trinajstić information content (AvgIpc) is 3.34. The Bertz CT molecular complexity index is 992. The van der Waals surface area contributed by atoms with Gasteiger partial charge in [0.25, 0.3) is 5.91 Å². The van der Waals surface area contributed by atoms with Crippen LogP contribution < -0.4 is 5.32 Å². The molecule has 168 valence electrons. The van der Waals surface area contributed by atoms with Crippen LogP contribution >= 0.6 is 11.8 Å². The third-order valence-corrected chi connectivity index (χ3v) is 9.14. The highest BCUT2D eigenvalue weighted by atomic mass is 32.2. The number of ether oxygens (including phenoxy) is 1. The summed E-state index contributed by atoms with van der Waals surface area (Å²) in [5.74, 6) is -0.572. The molecule has 0 spiro atoms. The van der Waals surface area contributed by atoms with Crippen molar-refractivity contribution in [3.05, 3.63) is 24.3 Å². The van der Waals surface area contributed by atoms with Crippen molar-refractivity contribution in [2.45, 2.75) is 41.9 Å². The number of sulfonamides is 1. The number of nitrogens with zero attached hydrogens (tertiary/aromatic N) is 2. The first-order valence-electron chi connectivity index (χ1n) is 10.3. The summed E-state index contributed by atoms with van der Waals surface area (Å²) in [5.41, 5.74) is 0.310. The van der Waals surface area contributed by atoms with Crippen LogP contribution in [-0.4, -0.2) is 72.3 Å². The Morgan fingerprint density at radius 3 is 2.71 bits per heavy atom. The molecule has 1 N–H and O–H groups in total. The lowest BCUT2D eigenvalue weighted by molar-refractivity contribution is -0.155. The Morgan fingerprint density at radius 2 is 1.94 bits per heavy atom. The number of thioether (sulfide) groups is 1. The number of benzene rings is 1. The molecule has 4 rings (SSSR count). The Balaban J connectivity index is 1.36. The number of nitrogens with one attached hydrogen (secondary N) is 1. The number of anilines is 1. The average molecular weight is 468 g/mol. The van der Waals surface area contributed by atoms with Crippen molar-refractivity contribution in [1.82, 2.24) is 9.21 Å². The molecule has 3 aliphatic rings. The van der Waals surface area contributed by atoms with E-state index in [1.807, 2.05) is 0 Å². The fraction of sp³-hybridized carbons (Fsp3) is 0.550. The number of hydrogen-bond acceptors (Lipinski definition) is 7. The predicted molar refractivity (Wildman–Crippen MR) is 115 cm³/mol. The van der Waals surface area contributed by atoms with Gasteiger partial charge in [-0.1, -0.05) is 12.5 Å². The maximum Gasteiger partial charge on any atom is 0.343 e. The minimum atomic E-state index is -3.62. The molecule has 3 heterocycles. The summed E-state index contributed by atoms with van der Waals surface area (Å²) in [4.78, 5) is 37.5. The van der Waals surface area contributed by atoms with Gasteiger partial charge in [0.1, 0.15) is 0 Å². The predicted octanol–water partition coefficient (Wildman–Crippen LogP) is 1.41. The summed E-state index contributed by atoms with van der Waals surface area (Å²) in [5, 5.41) is 2.58. The lowest BCUT2D eigenvalue weighted by Crippen LogP contribution is -2.46. The molecule has 1 aromatic rings. The van der Waals surface area contributed by atoms with E-state index in [2.05, 4.69) is 5.32 Å². The van der Waals surface area contributed by atoms with E-state index in [4.69, 9.17) is 4.74 Å². The third-order valence-electron chi connectivity index (χ3n) is 5.79. The van der Waals surface area contributed by atoms with E-state index in [0.29, 0.717) is 43.9 Å². The van der Waals surface area contributed by atoms with Crippen molar-refractivity contribution in [3.63, 3.8) is 0 Å². The molecule has 0 aliphatic carbocycles. The van der Waals surface area contributed by atoms with E-state index in [0.717, 1.165) is 19.3 Å². The van der Waals surface area contributed by atoms with Gasteiger partial charge in [0.05, 0.1) is 4.90 Å². The molecule has 0 radical (unpaired) electrons. The van der Waals surface area contributed by atoms with Gasteiger partial charge in [-0.3, -0.25) is 9.59 Å². The third kappa shape index (κ3) is 4.31. The van der Waals surface area contributed by atoms with Crippen molar-refractivity contribution in [2.24, 2.45) is 0 Å². The fourth-order valence-electron chi connectivity index (χ4n) is 4.21. The Hall–Kier alpha value is -2.11. The van der Waals surface area contributed by atoms with Crippen LogP contribution in [0.3, 0.4) is 0 Å². The minimum absolute atomic E-state index is 0.0712. The molecule has 3 aliphatic heterocycles. The quantitative estimate of drug-likeness (QED) is 0.630. The first-order valence-corrected chi connectivity index (χ1v) is 12.8. The largest absolute Gasteiger partial charge is 0.453 e. The number of carbonyl (C=O) groups is 3. The number of esters is 1. The zero-order chi connectivity index (χ0) is 22.1. The van der Waals surface area contributed by atoms with Gasteiger partial charge in [-0.2, -0.15) is 4.31 Å². The monoisotopic (exact) mass is 467 g/mol. The highest BCUT2D eigenvalue weighted by molar-refractivity contribution is 8.01. The highest BCUT2D eigenvalue weighted by Crippen LogP contribution is 2.45. The summed E-state index contributed by atoms with van der Waals surface area (Å²) in [6, 6.07) is 6.06. The molecule has 0 bridgehead atoms. The summed E-state index contributed by atoms with van der Waals surface area (Å²) < 4.78 is 32.3. The van der Waals surface area contributed by atoms with Crippen molar-refractivity contribution >= 4 is 45.3 Å². The molecule has 11 heteroatoms. The summed E-state index contributed by atoms with van der Waals surface area (Å²) in [6.07, 6.45) is 3.38. The summed E-state index contributed by atoms with van der Waals surface area (Å²) >= 11 is 1.37. The van der Waals surface area contributed by atoms with Crippen molar-refractivity contribution in [2.75, 3.05) is 37.3 Å². The number of rotatable bonds is 6. The van der Waals surface area contributed by atoms with Crippen molar-refractivity contribution in [3.8, 4) is 0 Å². The second kappa shape index (κ2) is 8.79. The lowest BCUT2D eigenvalue weighted by Gasteiger charge is -2.28. The van der Waals surface area contributed by atoms with Crippen molar-refractivity contribution < 1.29 is 27.5 Å². The standard InChI is InChI=1S/C20H25N3O6S2/c24-17(14-29-19(26)20-8-7-18(25)23(20)11-12-30-20)21-15-5-4-6-16(13-15)31(27,28)22-9-2-1-3-10-22/h4-6,13H,1-3,7-12,14H2,(H,21,24). The van der Waals surface area contributed by atoms with Crippen LogP contribution in [0.5, 0.6) is 0 Å². The molecule has 1 atom stereocenters. The second-order valence-electron chi connectivity index (χ2n) is 7.80. The second-order valence-corrected chi connectivity index (χ2v) is 11.1. The molecular weight excluding hydrogens is 442 g/mol. The fourth-order valence-corrected chi connectivity index (χ4v) is 7.16. The van der Waals surface area contributed by atoms with Gasteiger partial charge in [-0.05, 0) is 37.5 Å². The van der Waals surface area contributed by atoms with Gasteiger partial charge in [0.15, 0.2) is 11.5 Å². The smallest absolute Gasteiger partial charge is 0.343 e. The highest BCUT2D eigenvalue weighted by Gasteiger charge is 2.56. The molecule has 9 nitrogen and oxygen atoms in total. The van der Waals surface area contributed by atoms with Gasteiger partial charge in [-0.25, -0.2) is 13.2 Å². The number of fused-ring (bicyclic) bond motifs is 1.